The number of rotatable bonds is 8. The van der Waals surface area contributed by atoms with Crippen molar-refractivity contribution in [3.63, 3.8) is 0 Å². The van der Waals surface area contributed by atoms with E-state index in [0.717, 1.165) is 17.8 Å². The lowest BCUT2D eigenvalue weighted by Gasteiger charge is -2.42. The molecule has 0 aromatic rings. The standard InChI is InChI=1S/C24H36F2O/c1-3-5-7-19-12-13-22(24(26)23(19)25)27-16-18-9-11-20-14-17(6-4-2)8-10-21(20)15-18/h3,12-13,17-18,20-22,24H,1,4-11,14-16H2,2H3. The van der Waals surface area contributed by atoms with E-state index >= 15 is 0 Å². The Labute approximate surface area is 163 Å². The minimum atomic E-state index is -1.66. The molecule has 0 saturated heterocycles. The molecule has 6 unspecified atom stereocenters. The van der Waals surface area contributed by atoms with E-state index in [1.165, 1.54) is 51.4 Å². The first-order chi connectivity index (χ1) is 13.1. The Bertz CT molecular complexity index is 553. The summed E-state index contributed by atoms with van der Waals surface area (Å²) in [4.78, 5) is 0. The Balaban J connectivity index is 1.45. The van der Waals surface area contributed by atoms with Crippen molar-refractivity contribution in [2.24, 2.45) is 23.7 Å². The molecule has 152 valence electrons. The first-order valence-electron chi connectivity index (χ1n) is 11.1. The van der Waals surface area contributed by atoms with Gasteiger partial charge in [0.25, 0.3) is 0 Å². The van der Waals surface area contributed by atoms with Gasteiger partial charge in [-0.25, -0.2) is 8.78 Å². The predicted molar refractivity (Wildman–Crippen MR) is 108 cm³/mol. The van der Waals surface area contributed by atoms with Crippen molar-refractivity contribution in [1.82, 2.24) is 0 Å². The lowest BCUT2D eigenvalue weighted by molar-refractivity contribution is -0.0116. The molecule has 3 heteroatoms. The summed E-state index contributed by atoms with van der Waals surface area (Å²) in [5.41, 5.74) is 0.451. The Morgan fingerprint density at radius 1 is 1.15 bits per heavy atom. The van der Waals surface area contributed by atoms with Crippen molar-refractivity contribution in [2.45, 2.75) is 83.4 Å². The molecule has 0 N–H and O–H groups in total. The molecular weight excluding hydrogens is 342 g/mol. The molecule has 2 fully saturated rings. The molecule has 1 nitrogen and oxygen atoms in total. The summed E-state index contributed by atoms with van der Waals surface area (Å²) >= 11 is 0. The Morgan fingerprint density at radius 3 is 2.56 bits per heavy atom. The van der Waals surface area contributed by atoms with E-state index in [9.17, 15) is 8.78 Å². The van der Waals surface area contributed by atoms with Gasteiger partial charge in [-0.2, -0.15) is 0 Å². The fourth-order valence-corrected chi connectivity index (χ4v) is 5.46. The molecular formula is C24H36F2O. The van der Waals surface area contributed by atoms with E-state index < -0.39 is 18.1 Å². The van der Waals surface area contributed by atoms with Crippen LogP contribution in [0.15, 0.2) is 36.2 Å². The second kappa shape index (κ2) is 10.0. The third kappa shape index (κ3) is 5.31. The predicted octanol–water partition coefficient (Wildman–Crippen LogP) is 7.10. The number of alkyl halides is 1. The second-order valence-corrected chi connectivity index (χ2v) is 8.93. The molecule has 2 saturated carbocycles. The fourth-order valence-electron chi connectivity index (χ4n) is 5.46. The number of allylic oxidation sites excluding steroid dienone is 3. The van der Waals surface area contributed by atoms with Crippen LogP contribution in [0.3, 0.4) is 0 Å². The number of hydrogen-bond donors (Lipinski definition) is 0. The topological polar surface area (TPSA) is 9.23 Å². The van der Waals surface area contributed by atoms with Crippen molar-refractivity contribution in [2.75, 3.05) is 6.61 Å². The number of hydrogen-bond acceptors (Lipinski definition) is 1. The Hall–Kier alpha value is -0.960. The highest BCUT2D eigenvalue weighted by Crippen LogP contribution is 2.45. The minimum Gasteiger partial charge on any atom is -0.370 e. The first kappa shape index (κ1) is 20.8. The maximum atomic E-state index is 14.4. The third-order valence-electron chi connectivity index (χ3n) is 6.99. The van der Waals surface area contributed by atoms with E-state index in [4.69, 9.17) is 4.74 Å². The van der Waals surface area contributed by atoms with Crippen LogP contribution < -0.4 is 0 Å². The van der Waals surface area contributed by atoms with Gasteiger partial charge in [-0.1, -0.05) is 44.4 Å². The molecule has 0 aromatic carbocycles. The average Bonchev–Trinajstić information content (AvgIpc) is 2.68. The average molecular weight is 379 g/mol. The smallest absolute Gasteiger partial charge is 0.181 e. The highest BCUT2D eigenvalue weighted by Gasteiger charge is 2.36. The van der Waals surface area contributed by atoms with E-state index in [2.05, 4.69) is 13.5 Å². The lowest BCUT2D eigenvalue weighted by atomic mass is 9.64. The van der Waals surface area contributed by atoms with Crippen molar-refractivity contribution in [1.29, 1.82) is 0 Å². The molecule has 3 rings (SSSR count). The van der Waals surface area contributed by atoms with Crippen molar-refractivity contribution in [3.8, 4) is 0 Å². The summed E-state index contributed by atoms with van der Waals surface area (Å²) in [5, 5.41) is 0. The molecule has 27 heavy (non-hydrogen) atoms. The van der Waals surface area contributed by atoms with Crippen LogP contribution in [0.4, 0.5) is 8.78 Å². The van der Waals surface area contributed by atoms with Gasteiger partial charge in [-0.3, -0.25) is 0 Å². The fraction of sp³-hybridized carbons (Fsp3) is 0.750. The summed E-state index contributed by atoms with van der Waals surface area (Å²) in [5.74, 6) is 2.51. The molecule has 3 aliphatic carbocycles. The van der Waals surface area contributed by atoms with E-state index in [1.807, 2.05) is 0 Å². The van der Waals surface area contributed by atoms with E-state index in [0.29, 0.717) is 30.9 Å². The second-order valence-electron chi connectivity index (χ2n) is 8.93. The summed E-state index contributed by atoms with van der Waals surface area (Å²) in [6.07, 6.45) is 14.4. The van der Waals surface area contributed by atoms with Crippen molar-refractivity contribution >= 4 is 0 Å². The summed E-state index contributed by atoms with van der Waals surface area (Å²) in [6.45, 7) is 6.49. The molecule has 6 atom stereocenters. The summed E-state index contributed by atoms with van der Waals surface area (Å²) in [7, 11) is 0. The van der Waals surface area contributed by atoms with Crippen LogP contribution in [-0.2, 0) is 4.74 Å². The number of fused-ring (bicyclic) bond motifs is 1. The summed E-state index contributed by atoms with van der Waals surface area (Å²) < 4.78 is 34.5. The number of ether oxygens (including phenoxy) is 1. The van der Waals surface area contributed by atoms with Crippen LogP contribution in [0.1, 0.15) is 71.1 Å². The zero-order valence-corrected chi connectivity index (χ0v) is 16.8. The molecule has 0 spiro atoms. The van der Waals surface area contributed by atoms with Gasteiger partial charge >= 0.3 is 0 Å². The highest BCUT2D eigenvalue weighted by atomic mass is 19.2. The molecule has 0 heterocycles. The van der Waals surface area contributed by atoms with Gasteiger partial charge in [0.05, 0.1) is 6.61 Å². The largest absolute Gasteiger partial charge is 0.370 e. The molecule has 3 aliphatic rings. The molecule has 0 amide bonds. The molecule has 0 bridgehead atoms. The van der Waals surface area contributed by atoms with Crippen LogP contribution in [0.2, 0.25) is 0 Å². The normalized spacial score (nSPS) is 36.6. The van der Waals surface area contributed by atoms with E-state index in [1.54, 1.807) is 18.2 Å². The van der Waals surface area contributed by atoms with Crippen molar-refractivity contribution < 1.29 is 13.5 Å². The van der Waals surface area contributed by atoms with Crippen LogP contribution in [0, 0.1) is 23.7 Å². The summed E-state index contributed by atoms with van der Waals surface area (Å²) in [6, 6.07) is 0. The number of halogens is 2. The molecule has 0 aromatic heterocycles. The van der Waals surface area contributed by atoms with Crippen LogP contribution >= 0.6 is 0 Å². The van der Waals surface area contributed by atoms with Gasteiger partial charge in [-0.15, -0.1) is 6.58 Å². The highest BCUT2D eigenvalue weighted by molar-refractivity contribution is 5.31. The monoisotopic (exact) mass is 378 g/mol. The maximum Gasteiger partial charge on any atom is 0.181 e. The van der Waals surface area contributed by atoms with Gasteiger partial charge in [0.1, 0.15) is 11.9 Å². The zero-order valence-electron chi connectivity index (χ0n) is 16.8. The maximum absolute atomic E-state index is 14.4. The van der Waals surface area contributed by atoms with Crippen LogP contribution in [0.5, 0.6) is 0 Å². The molecule has 0 radical (unpaired) electrons. The third-order valence-corrected chi connectivity index (χ3v) is 6.99. The van der Waals surface area contributed by atoms with Crippen LogP contribution in [0.25, 0.3) is 0 Å². The van der Waals surface area contributed by atoms with Gasteiger partial charge in [-0.05, 0) is 74.2 Å². The van der Waals surface area contributed by atoms with Gasteiger partial charge in [0, 0.05) is 0 Å². The minimum absolute atomic E-state index is 0.451. The SMILES string of the molecule is C=CCCC1=C(F)C(F)C(OCC2CCC3CC(CCC)CCC3C2)C=C1. The lowest BCUT2D eigenvalue weighted by Crippen LogP contribution is -2.34. The van der Waals surface area contributed by atoms with Crippen molar-refractivity contribution in [3.05, 3.63) is 36.2 Å². The van der Waals surface area contributed by atoms with Gasteiger partial charge in [0.2, 0.25) is 0 Å². The van der Waals surface area contributed by atoms with E-state index in [-0.39, 0.29) is 0 Å². The first-order valence-corrected chi connectivity index (χ1v) is 11.1. The van der Waals surface area contributed by atoms with Gasteiger partial charge in [0.15, 0.2) is 6.17 Å². The van der Waals surface area contributed by atoms with Gasteiger partial charge < -0.3 is 4.74 Å². The quantitative estimate of drug-likeness (QED) is 0.409. The zero-order chi connectivity index (χ0) is 19.2. The van der Waals surface area contributed by atoms with Crippen LogP contribution in [-0.4, -0.2) is 18.9 Å². The Kier molecular flexibility index (Phi) is 7.69. The Morgan fingerprint density at radius 2 is 1.85 bits per heavy atom. The molecule has 0 aliphatic heterocycles.